The van der Waals surface area contributed by atoms with Crippen LogP contribution in [0.15, 0.2) is 41.8 Å². The molecule has 1 aliphatic carbocycles. The highest BCUT2D eigenvalue weighted by Gasteiger charge is 2.46. The highest BCUT2D eigenvalue weighted by Crippen LogP contribution is 2.31. The van der Waals surface area contributed by atoms with Gasteiger partial charge in [0.2, 0.25) is 5.91 Å². The average Bonchev–Trinajstić information content (AvgIpc) is 3.26. The molecule has 4 nitrogen and oxygen atoms in total. The molecule has 1 atom stereocenters. The van der Waals surface area contributed by atoms with E-state index < -0.39 is 24.0 Å². The molecule has 2 aromatic rings. The van der Waals surface area contributed by atoms with Gasteiger partial charge in [-0.3, -0.25) is 9.59 Å². The highest BCUT2D eigenvalue weighted by molar-refractivity contribution is 7.10. The number of hydrogen-bond donors (Lipinski definition) is 1. The summed E-state index contributed by atoms with van der Waals surface area (Å²) in [5.74, 6) is -2.58. The summed E-state index contributed by atoms with van der Waals surface area (Å²) in [4.78, 5) is 26.6. The molecule has 0 aliphatic heterocycles. The number of halogens is 4. The lowest BCUT2D eigenvalue weighted by molar-refractivity contribution is -0.188. The molecule has 1 aromatic heterocycles. The summed E-state index contributed by atoms with van der Waals surface area (Å²) in [6.45, 7) is -0.249. The van der Waals surface area contributed by atoms with Gasteiger partial charge in [0.15, 0.2) is 0 Å². The maximum Gasteiger partial charge on any atom is 0.471 e. The first-order valence-corrected chi connectivity index (χ1v) is 11.5. The molecule has 0 unspecified atom stereocenters. The van der Waals surface area contributed by atoms with E-state index in [1.54, 1.807) is 41.8 Å². The third-order valence-electron chi connectivity index (χ3n) is 5.38. The van der Waals surface area contributed by atoms with Gasteiger partial charge in [-0.2, -0.15) is 13.2 Å². The summed E-state index contributed by atoms with van der Waals surface area (Å²) in [5.41, 5.74) is 0.724. The van der Waals surface area contributed by atoms with Crippen molar-refractivity contribution in [2.24, 2.45) is 0 Å². The molecule has 31 heavy (non-hydrogen) atoms. The number of thiophene rings is 1. The number of rotatable bonds is 7. The van der Waals surface area contributed by atoms with E-state index in [1.165, 1.54) is 0 Å². The first-order chi connectivity index (χ1) is 14.8. The van der Waals surface area contributed by atoms with Gasteiger partial charge in [-0.25, -0.2) is 0 Å². The molecule has 1 aromatic carbocycles. The number of nitrogens with one attached hydrogen (secondary N) is 1. The van der Waals surface area contributed by atoms with Gasteiger partial charge in [0.25, 0.3) is 0 Å². The minimum absolute atomic E-state index is 0.0807. The van der Waals surface area contributed by atoms with E-state index in [0.717, 1.165) is 49.0 Å². The van der Waals surface area contributed by atoms with Gasteiger partial charge in [0, 0.05) is 22.5 Å². The van der Waals surface area contributed by atoms with Gasteiger partial charge in [-0.1, -0.05) is 49.1 Å². The van der Waals surface area contributed by atoms with E-state index in [1.807, 2.05) is 0 Å². The Morgan fingerprint density at radius 2 is 1.81 bits per heavy atom. The molecule has 0 bridgehead atoms. The standard InChI is InChI=1S/C22H24ClF3N2O2S/c23-16-10-8-15(9-11-16)12-13-28(21(30)22(24,25)26)19(18-7-4-14-31-18)20(29)27-17-5-2-1-3-6-17/h4,7-11,14,17,19H,1-3,5-6,12-13H2,(H,27,29)/t19-/m0/s1. The Balaban J connectivity index is 1.87. The maximum atomic E-state index is 13.5. The Morgan fingerprint density at radius 3 is 2.39 bits per heavy atom. The summed E-state index contributed by atoms with van der Waals surface area (Å²) in [6.07, 6.45) is -0.312. The number of benzene rings is 1. The lowest BCUT2D eigenvalue weighted by Gasteiger charge is -2.33. The SMILES string of the molecule is O=C(NC1CCCCC1)[C@H](c1cccs1)N(CCc1ccc(Cl)cc1)C(=O)C(F)(F)F. The van der Waals surface area contributed by atoms with Crippen molar-refractivity contribution in [1.29, 1.82) is 0 Å². The van der Waals surface area contributed by atoms with Crippen molar-refractivity contribution in [1.82, 2.24) is 10.2 Å². The first-order valence-electron chi connectivity index (χ1n) is 10.2. The molecule has 0 radical (unpaired) electrons. The number of carbonyl (C=O) groups excluding carboxylic acids is 2. The van der Waals surface area contributed by atoms with Gasteiger partial charge in [0.1, 0.15) is 6.04 Å². The lowest BCUT2D eigenvalue weighted by atomic mass is 9.95. The Bertz CT molecular complexity index is 866. The fourth-order valence-corrected chi connectivity index (χ4v) is 4.77. The maximum absolute atomic E-state index is 13.5. The van der Waals surface area contributed by atoms with Crippen LogP contribution < -0.4 is 5.32 Å². The lowest BCUT2D eigenvalue weighted by Crippen LogP contribution is -2.50. The fraction of sp³-hybridized carbons (Fsp3) is 0.455. The number of amides is 2. The zero-order valence-corrected chi connectivity index (χ0v) is 18.4. The summed E-state index contributed by atoms with van der Waals surface area (Å²) in [5, 5.41) is 5.08. The van der Waals surface area contributed by atoms with Crippen LogP contribution in [0.1, 0.15) is 48.6 Å². The molecular formula is C22H24ClF3N2O2S. The van der Waals surface area contributed by atoms with E-state index in [4.69, 9.17) is 11.6 Å². The van der Waals surface area contributed by atoms with Crippen LogP contribution in [0, 0.1) is 0 Å². The Labute approximate surface area is 188 Å². The molecule has 1 aliphatic rings. The molecule has 1 fully saturated rings. The van der Waals surface area contributed by atoms with Crippen LogP contribution in [0.4, 0.5) is 13.2 Å². The number of hydrogen-bond acceptors (Lipinski definition) is 3. The third-order valence-corrected chi connectivity index (χ3v) is 6.56. The number of carbonyl (C=O) groups is 2. The van der Waals surface area contributed by atoms with Crippen molar-refractivity contribution >= 4 is 34.8 Å². The van der Waals surface area contributed by atoms with Gasteiger partial charge in [-0.15, -0.1) is 11.3 Å². The zero-order valence-electron chi connectivity index (χ0n) is 16.8. The van der Waals surface area contributed by atoms with E-state index in [0.29, 0.717) is 14.8 Å². The van der Waals surface area contributed by atoms with Gasteiger partial charge in [-0.05, 0) is 48.4 Å². The van der Waals surface area contributed by atoms with Crippen molar-refractivity contribution in [3.63, 3.8) is 0 Å². The molecule has 1 N–H and O–H groups in total. The Kier molecular flexibility index (Phi) is 8.00. The van der Waals surface area contributed by atoms with Crippen molar-refractivity contribution in [3.8, 4) is 0 Å². The predicted octanol–water partition coefficient (Wildman–Crippen LogP) is 5.53. The van der Waals surface area contributed by atoms with Crippen molar-refractivity contribution in [2.75, 3.05) is 6.54 Å². The summed E-state index contributed by atoms with van der Waals surface area (Å²) >= 11 is 7.03. The molecule has 1 heterocycles. The molecule has 3 rings (SSSR count). The van der Waals surface area contributed by atoms with Crippen LogP contribution in [-0.4, -0.2) is 35.5 Å². The minimum Gasteiger partial charge on any atom is -0.351 e. The van der Waals surface area contributed by atoms with Crippen LogP contribution in [0.25, 0.3) is 0 Å². The number of nitrogens with zero attached hydrogens (tertiary/aromatic N) is 1. The second kappa shape index (κ2) is 10.5. The Morgan fingerprint density at radius 1 is 1.13 bits per heavy atom. The molecule has 168 valence electrons. The molecule has 9 heteroatoms. The first kappa shape index (κ1) is 23.6. The summed E-state index contributed by atoms with van der Waals surface area (Å²) in [7, 11) is 0. The Hall–Kier alpha value is -2.06. The molecular weight excluding hydrogens is 449 g/mol. The molecule has 2 amide bonds. The van der Waals surface area contributed by atoms with Crippen LogP contribution >= 0.6 is 22.9 Å². The topological polar surface area (TPSA) is 49.4 Å². The normalized spacial score (nSPS) is 16.0. The van der Waals surface area contributed by atoms with Crippen LogP contribution in [0.5, 0.6) is 0 Å². The predicted molar refractivity (Wildman–Crippen MR) is 115 cm³/mol. The van der Waals surface area contributed by atoms with Crippen LogP contribution in [0.3, 0.4) is 0 Å². The number of alkyl halides is 3. The molecule has 0 saturated heterocycles. The smallest absolute Gasteiger partial charge is 0.351 e. The second-order valence-corrected chi connectivity index (χ2v) is 9.05. The van der Waals surface area contributed by atoms with E-state index in [9.17, 15) is 22.8 Å². The van der Waals surface area contributed by atoms with Crippen LogP contribution in [0.2, 0.25) is 5.02 Å². The summed E-state index contributed by atoms with van der Waals surface area (Å²) in [6, 6.07) is 8.51. The summed E-state index contributed by atoms with van der Waals surface area (Å²) < 4.78 is 40.4. The monoisotopic (exact) mass is 472 g/mol. The highest BCUT2D eigenvalue weighted by atomic mass is 35.5. The van der Waals surface area contributed by atoms with Crippen molar-refractivity contribution < 1.29 is 22.8 Å². The second-order valence-electron chi connectivity index (χ2n) is 7.63. The van der Waals surface area contributed by atoms with Crippen molar-refractivity contribution in [3.05, 3.63) is 57.2 Å². The van der Waals surface area contributed by atoms with Crippen LogP contribution in [-0.2, 0) is 16.0 Å². The van der Waals surface area contributed by atoms with Crippen molar-refractivity contribution in [2.45, 2.75) is 56.8 Å². The van der Waals surface area contributed by atoms with E-state index >= 15 is 0 Å². The largest absolute Gasteiger partial charge is 0.471 e. The van der Waals surface area contributed by atoms with Gasteiger partial charge < -0.3 is 10.2 Å². The zero-order chi connectivity index (χ0) is 22.4. The minimum atomic E-state index is -5.08. The fourth-order valence-electron chi connectivity index (χ4n) is 3.81. The van der Waals surface area contributed by atoms with E-state index in [-0.39, 0.29) is 19.0 Å². The molecule has 1 saturated carbocycles. The molecule has 0 spiro atoms. The van der Waals surface area contributed by atoms with E-state index in [2.05, 4.69) is 5.32 Å². The average molecular weight is 473 g/mol. The quantitative estimate of drug-likeness (QED) is 0.576. The van der Waals surface area contributed by atoms with Gasteiger partial charge in [0.05, 0.1) is 0 Å². The van der Waals surface area contributed by atoms with Gasteiger partial charge >= 0.3 is 12.1 Å². The third kappa shape index (κ3) is 6.46.